The monoisotopic (exact) mass is 382 g/mol. The van der Waals surface area contributed by atoms with Gasteiger partial charge in [-0.2, -0.15) is 0 Å². The van der Waals surface area contributed by atoms with Crippen molar-refractivity contribution in [2.75, 3.05) is 6.54 Å². The molecule has 0 aliphatic rings. The Hall–Kier alpha value is -0.810. The minimum absolute atomic E-state index is 0.737. The maximum atomic E-state index is 6.18. The Morgan fingerprint density at radius 3 is 2.81 bits per heavy atom. The van der Waals surface area contributed by atoms with Crippen molar-refractivity contribution in [2.24, 2.45) is 5.73 Å². The topological polar surface area (TPSA) is 41.8 Å². The number of thiophene rings is 1. The quantitative estimate of drug-likeness (QED) is 0.554. The second-order valence-electron chi connectivity index (χ2n) is 5.01. The van der Waals surface area contributed by atoms with Crippen LogP contribution < -0.4 is 5.73 Å². The summed E-state index contributed by atoms with van der Waals surface area (Å²) in [6.07, 6.45) is 3.14. The predicted molar refractivity (Wildman–Crippen MR) is 96.3 cm³/mol. The summed E-state index contributed by atoms with van der Waals surface area (Å²) in [7, 11) is 0. The van der Waals surface area contributed by atoms with E-state index in [0.717, 1.165) is 40.8 Å². The van der Waals surface area contributed by atoms with Gasteiger partial charge in [-0.3, -0.25) is 0 Å². The summed E-state index contributed by atoms with van der Waals surface area (Å²) in [6, 6.07) is 8.12. The molecule has 21 heavy (non-hydrogen) atoms. The van der Waals surface area contributed by atoms with Gasteiger partial charge in [0.25, 0.3) is 0 Å². The van der Waals surface area contributed by atoms with E-state index in [9.17, 15) is 0 Å². The molecule has 1 aromatic carbocycles. The van der Waals surface area contributed by atoms with Gasteiger partial charge in [0.15, 0.2) is 0 Å². The highest BCUT2D eigenvalue weighted by Crippen LogP contribution is 2.39. The molecule has 0 saturated heterocycles. The van der Waals surface area contributed by atoms with Crippen LogP contribution in [0.3, 0.4) is 0 Å². The number of aromatic nitrogens is 1. The Bertz CT molecular complexity index is 763. The number of aryl methyl sites for hydroxylation is 1. The molecule has 0 atom stereocenters. The average Bonchev–Trinajstić information content (AvgIpc) is 3.03. The fourth-order valence-electron chi connectivity index (χ4n) is 2.59. The number of hydrogen-bond acceptors (Lipinski definition) is 2. The Labute approximate surface area is 141 Å². The number of nitrogens with two attached hydrogens (primary N) is 1. The van der Waals surface area contributed by atoms with Crippen LogP contribution in [0.2, 0.25) is 5.02 Å². The van der Waals surface area contributed by atoms with Crippen molar-refractivity contribution in [3.8, 4) is 10.6 Å². The molecular formula is C16H16BrClN2S. The number of fused-ring (bicyclic) bond motifs is 1. The van der Waals surface area contributed by atoms with Crippen molar-refractivity contribution in [3.05, 3.63) is 44.7 Å². The molecule has 3 aromatic rings. The van der Waals surface area contributed by atoms with E-state index in [0.29, 0.717) is 0 Å². The van der Waals surface area contributed by atoms with Gasteiger partial charge in [-0.25, -0.2) is 0 Å². The van der Waals surface area contributed by atoms with Gasteiger partial charge in [0, 0.05) is 20.4 Å². The summed E-state index contributed by atoms with van der Waals surface area (Å²) >= 11 is 11.6. The molecule has 0 amide bonds. The van der Waals surface area contributed by atoms with E-state index in [4.69, 9.17) is 17.3 Å². The first-order valence-corrected chi connectivity index (χ1v) is 8.99. The number of unbranched alkanes of at least 4 members (excludes halogenated alkanes) is 1. The van der Waals surface area contributed by atoms with E-state index < -0.39 is 0 Å². The molecule has 2 aromatic heterocycles. The van der Waals surface area contributed by atoms with Crippen molar-refractivity contribution in [1.82, 2.24) is 4.98 Å². The molecule has 0 aliphatic carbocycles. The van der Waals surface area contributed by atoms with Gasteiger partial charge in [-0.15, -0.1) is 11.3 Å². The number of rotatable bonds is 5. The lowest BCUT2D eigenvalue weighted by atomic mass is 10.0. The highest BCUT2D eigenvalue weighted by molar-refractivity contribution is 9.10. The normalized spacial score (nSPS) is 11.4. The molecule has 5 heteroatoms. The minimum Gasteiger partial charge on any atom is -0.354 e. The van der Waals surface area contributed by atoms with Gasteiger partial charge in [-0.1, -0.05) is 11.6 Å². The number of H-pyrrole nitrogens is 1. The zero-order valence-electron chi connectivity index (χ0n) is 11.5. The third-order valence-corrected chi connectivity index (χ3v) is 5.68. The molecule has 0 aliphatic heterocycles. The molecule has 0 radical (unpaired) electrons. The van der Waals surface area contributed by atoms with Crippen LogP contribution in [0.5, 0.6) is 0 Å². The zero-order valence-corrected chi connectivity index (χ0v) is 14.6. The predicted octanol–water partition coefficient (Wildman–Crippen LogP) is 5.59. The maximum Gasteiger partial charge on any atom is 0.0650 e. The van der Waals surface area contributed by atoms with Gasteiger partial charge in [0.05, 0.1) is 10.6 Å². The van der Waals surface area contributed by atoms with Gasteiger partial charge < -0.3 is 10.7 Å². The zero-order chi connectivity index (χ0) is 14.8. The second kappa shape index (κ2) is 6.53. The highest BCUT2D eigenvalue weighted by atomic mass is 79.9. The Balaban J connectivity index is 2.13. The molecule has 3 N–H and O–H groups in total. The van der Waals surface area contributed by atoms with Crippen LogP contribution in [0.25, 0.3) is 21.5 Å². The largest absolute Gasteiger partial charge is 0.354 e. The van der Waals surface area contributed by atoms with Crippen molar-refractivity contribution >= 4 is 49.8 Å². The van der Waals surface area contributed by atoms with Crippen LogP contribution >= 0.6 is 38.9 Å². The Morgan fingerprint density at radius 2 is 2.10 bits per heavy atom. The van der Waals surface area contributed by atoms with E-state index in [1.165, 1.54) is 21.5 Å². The molecule has 2 heterocycles. The fourth-order valence-corrected chi connectivity index (χ4v) is 4.36. The highest BCUT2D eigenvalue weighted by Gasteiger charge is 2.16. The van der Waals surface area contributed by atoms with Crippen LogP contribution in [-0.2, 0) is 6.42 Å². The first-order valence-electron chi connectivity index (χ1n) is 6.94. The number of nitrogens with one attached hydrogen (secondary N) is 1. The minimum atomic E-state index is 0.737. The number of hydrogen-bond donors (Lipinski definition) is 2. The third kappa shape index (κ3) is 3.04. The third-order valence-electron chi connectivity index (χ3n) is 3.59. The van der Waals surface area contributed by atoms with E-state index in [-0.39, 0.29) is 0 Å². The smallest absolute Gasteiger partial charge is 0.0650 e. The lowest BCUT2D eigenvalue weighted by Gasteiger charge is -2.04. The van der Waals surface area contributed by atoms with E-state index >= 15 is 0 Å². The molecule has 0 fully saturated rings. The van der Waals surface area contributed by atoms with Crippen LogP contribution in [0.1, 0.15) is 18.4 Å². The fraction of sp³-hybridized carbons (Fsp3) is 0.250. The van der Waals surface area contributed by atoms with Gasteiger partial charge in [0.1, 0.15) is 0 Å². The standard InChI is InChI=1S/C16H16BrClN2S/c17-13-6-8-21-16(13)15-11(3-1-2-7-19)12-9-10(18)4-5-14(12)20-15/h4-6,8-9,20H,1-3,7,19H2. The van der Waals surface area contributed by atoms with Crippen molar-refractivity contribution in [3.63, 3.8) is 0 Å². The van der Waals surface area contributed by atoms with Crippen LogP contribution in [-0.4, -0.2) is 11.5 Å². The van der Waals surface area contributed by atoms with E-state index in [2.05, 4.69) is 44.5 Å². The summed E-state index contributed by atoms with van der Waals surface area (Å²) < 4.78 is 1.13. The average molecular weight is 384 g/mol. The molecule has 0 bridgehead atoms. The van der Waals surface area contributed by atoms with E-state index in [1.807, 2.05) is 6.07 Å². The van der Waals surface area contributed by atoms with Crippen molar-refractivity contribution < 1.29 is 0 Å². The van der Waals surface area contributed by atoms with Gasteiger partial charge >= 0.3 is 0 Å². The van der Waals surface area contributed by atoms with Crippen LogP contribution in [0.4, 0.5) is 0 Å². The summed E-state index contributed by atoms with van der Waals surface area (Å²) in [5.74, 6) is 0. The molecule has 0 unspecified atom stereocenters. The lowest BCUT2D eigenvalue weighted by Crippen LogP contribution is -1.99. The molecule has 2 nitrogen and oxygen atoms in total. The summed E-state index contributed by atoms with van der Waals surface area (Å²) in [5, 5.41) is 4.09. The summed E-state index contributed by atoms with van der Waals surface area (Å²) in [4.78, 5) is 4.79. The van der Waals surface area contributed by atoms with Gasteiger partial charge in [0.2, 0.25) is 0 Å². The van der Waals surface area contributed by atoms with E-state index in [1.54, 1.807) is 11.3 Å². The summed E-state index contributed by atoms with van der Waals surface area (Å²) in [5.41, 5.74) is 9.30. The second-order valence-corrected chi connectivity index (χ2v) is 7.22. The molecule has 0 saturated carbocycles. The first kappa shape index (κ1) is 15.1. The Kier molecular flexibility index (Phi) is 4.69. The SMILES string of the molecule is NCCCCc1c(-c2sccc2Br)[nH]c2ccc(Cl)cc12. The summed E-state index contributed by atoms with van der Waals surface area (Å²) in [6.45, 7) is 0.737. The first-order chi connectivity index (χ1) is 10.2. The van der Waals surface area contributed by atoms with Crippen LogP contribution in [0, 0.1) is 0 Å². The molecular weight excluding hydrogens is 368 g/mol. The van der Waals surface area contributed by atoms with Gasteiger partial charge in [-0.05, 0) is 76.9 Å². The van der Waals surface area contributed by atoms with Crippen LogP contribution in [0.15, 0.2) is 34.1 Å². The van der Waals surface area contributed by atoms with Crippen molar-refractivity contribution in [2.45, 2.75) is 19.3 Å². The van der Waals surface area contributed by atoms with Crippen molar-refractivity contribution in [1.29, 1.82) is 0 Å². The molecule has 3 rings (SSSR count). The lowest BCUT2D eigenvalue weighted by molar-refractivity contribution is 0.748. The number of benzene rings is 1. The maximum absolute atomic E-state index is 6.18. The number of halogens is 2. The molecule has 110 valence electrons. The Morgan fingerprint density at radius 1 is 1.24 bits per heavy atom. The molecule has 0 spiro atoms. The number of aromatic amines is 1.